The number of ether oxygens (including phenoxy) is 2. The maximum Gasteiger partial charge on any atom is 0.410 e. The van der Waals surface area contributed by atoms with Crippen LogP contribution in [0.15, 0.2) is 43.0 Å². The van der Waals surface area contributed by atoms with Crippen molar-refractivity contribution in [1.29, 1.82) is 0 Å². The van der Waals surface area contributed by atoms with E-state index < -0.39 is 23.5 Å². The zero-order chi connectivity index (χ0) is 17.1. The van der Waals surface area contributed by atoms with Gasteiger partial charge in [0.1, 0.15) is 5.72 Å². The molecule has 5 nitrogen and oxygen atoms in total. The molecule has 0 aliphatic carbocycles. The molecule has 1 fully saturated rings. The molecule has 0 bridgehead atoms. The van der Waals surface area contributed by atoms with E-state index in [-0.39, 0.29) is 0 Å². The van der Waals surface area contributed by atoms with E-state index in [2.05, 4.69) is 6.58 Å². The second-order valence-electron chi connectivity index (χ2n) is 6.51. The average molecular weight is 319 g/mol. The standard InChI is InChI=1S/C18H25NO4/c1-5-11-18(4,23-12-14-9-7-6-8-10-14)15-13-22-17(2,3)19(15)16(20)21/h5-10,15H,1,11-13H2,2-4H3,(H,20,21)/t15-,18?/m0/s1. The van der Waals surface area contributed by atoms with Crippen molar-refractivity contribution in [1.82, 2.24) is 4.90 Å². The van der Waals surface area contributed by atoms with Crippen molar-refractivity contribution in [2.75, 3.05) is 6.61 Å². The first-order valence-electron chi connectivity index (χ1n) is 7.75. The van der Waals surface area contributed by atoms with Crippen molar-refractivity contribution in [2.24, 2.45) is 0 Å². The van der Waals surface area contributed by atoms with Crippen molar-refractivity contribution in [2.45, 2.75) is 51.2 Å². The Kier molecular flexibility index (Phi) is 5.12. The van der Waals surface area contributed by atoms with Crippen LogP contribution in [0.4, 0.5) is 4.79 Å². The predicted octanol–water partition coefficient (Wildman–Crippen LogP) is 3.65. The van der Waals surface area contributed by atoms with Gasteiger partial charge in [-0.15, -0.1) is 6.58 Å². The van der Waals surface area contributed by atoms with Gasteiger partial charge in [-0.25, -0.2) is 4.79 Å². The molecule has 0 radical (unpaired) electrons. The van der Waals surface area contributed by atoms with Gasteiger partial charge in [0.05, 0.1) is 24.9 Å². The van der Waals surface area contributed by atoms with E-state index in [0.29, 0.717) is 19.6 Å². The number of nitrogens with zero attached hydrogens (tertiary/aromatic N) is 1. The molecule has 23 heavy (non-hydrogen) atoms. The van der Waals surface area contributed by atoms with Crippen LogP contribution in [0, 0.1) is 0 Å². The molecule has 0 aromatic heterocycles. The molecule has 1 heterocycles. The van der Waals surface area contributed by atoms with Gasteiger partial charge in [-0.3, -0.25) is 4.90 Å². The minimum atomic E-state index is -1.00. The van der Waals surface area contributed by atoms with E-state index in [0.717, 1.165) is 5.56 Å². The normalized spacial score (nSPS) is 22.6. The Labute approximate surface area is 137 Å². The van der Waals surface area contributed by atoms with Gasteiger partial charge in [0.25, 0.3) is 0 Å². The molecular weight excluding hydrogens is 294 g/mol. The number of carbonyl (C=O) groups is 1. The first-order valence-corrected chi connectivity index (χ1v) is 7.75. The van der Waals surface area contributed by atoms with Crippen LogP contribution in [-0.2, 0) is 16.1 Å². The van der Waals surface area contributed by atoms with Crippen LogP contribution in [0.5, 0.6) is 0 Å². The lowest BCUT2D eigenvalue weighted by Gasteiger charge is -2.40. The molecule has 1 unspecified atom stereocenters. The van der Waals surface area contributed by atoms with E-state index in [4.69, 9.17) is 9.47 Å². The second-order valence-corrected chi connectivity index (χ2v) is 6.51. The molecule has 1 aliphatic heterocycles. The summed E-state index contributed by atoms with van der Waals surface area (Å²) < 4.78 is 11.9. The minimum absolute atomic E-state index is 0.304. The van der Waals surface area contributed by atoms with Gasteiger partial charge < -0.3 is 14.6 Å². The summed E-state index contributed by atoms with van der Waals surface area (Å²) in [5.41, 5.74) is -0.526. The molecule has 1 aliphatic rings. The molecule has 0 saturated carbocycles. The topological polar surface area (TPSA) is 59.0 Å². The lowest BCUT2D eigenvalue weighted by molar-refractivity contribution is -0.0944. The first kappa shape index (κ1) is 17.5. The summed E-state index contributed by atoms with van der Waals surface area (Å²) in [6, 6.07) is 9.43. The Morgan fingerprint density at radius 3 is 2.74 bits per heavy atom. The molecule has 2 rings (SSSR count). The summed E-state index contributed by atoms with van der Waals surface area (Å²) in [5.74, 6) is 0. The first-order chi connectivity index (χ1) is 10.8. The molecule has 1 amide bonds. The van der Waals surface area contributed by atoms with Crippen molar-refractivity contribution in [3.8, 4) is 0 Å². The highest BCUT2D eigenvalue weighted by molar-refractivity contribution is 5.67. The van der Waals surface area contributed by atoms with E-state index >= 15 is 0 Å². The van der Waals surface area contributed by atoms with Crippen LogP contribution in [0.25, 0.3) is 0 Å². The maximum atomic E-state index is 11.7. The fraction of sp³-hybridized carbons (Fsp3) is 0.500. The van der Waals surface area contributed by atoms with E-state index in [9.17, 15) is 9.90 Å². The fourth-order valence-corrected chi connectivity index (χ4v) is 3.02. The van der Waals surface area contributed by atoms with Gasteiger partial charge in [-0.05, 0) is 32.8 Å². The van der Waals surface area contributed by atoms with Gasteiger partial charge in [0.15, 0.2) is 0 Å². The predicted molar refractivity (Wildman–Crippen MR) is 88.1 cm³/mol. The monoisotopic (exact) mass is 319 g/mol. The summed E-state index contributed by atoms with van der Waals surface area (Å²) in [7, 11) is 0. The number of hydrogen-bond acceptors (Lipinski definition) is 3. The van der Waals surface area contributed by atoms with Gasteiger partial charge in [0, 0.05) is 0 Å². The molecule has 0 spiro atoms. The van der Waals surface area contributed by atoms with Gasteiger partial charge >= 0.3 is 6.09 Å². The Bertz CT molecular complexity index is 557. The highest BCUT2D eigenvalue weighted by atomic mass is 16.6. The number of amides is 1. The van der Waals surface area contributed by atoms with Gasteiger partial charge in [-0.2, -0.15) is 0 Å². The number of carboxylic acid groups (broad SMARTS) is 1. The highest BCUT2D eigenvalue weighted by Gasteiger charge is 2.52. The van der Waals surface area contributed by atoms with Crippen molar-refractivity contribution >= 4 is 6.09 Å². The third-order valence-electron chi connectivity index (χ3n) is 4.36. The Balaban J connectivity index is 2.21. The third-order valence-corrected chi connectivity index (χ3v) is 4.36. The fourth-order valence-electron chi connectivity index (χ4n) is 3.02. The Morgan fingerprint density at radius 2 is 2.17 bits per heavy atom. The zero-order valence-corrected chi connectivity index (χ0v) is 14.0. The largest absolute Gasteiger partial charge is 0.465 e. The van der Waals surface area contributed by atoms with E-state index in [1.165, 1.54) is 4.90 Å². The minimum Gasteiger partial charge on any atom is -0.465 e. The van der Waals surface area contributed by atoms with E-state index in [1.807, 2.05) is 37.3 Å². The molecule has 1 saturated heterocycles. The molecule has 1 aromatic rings. The smallest absolute Gasteiger partial charge is 0.410 e. The Morgan fingerprint density at radius 1 is 1.52 bits per heavy atom. The quantitative estimate of drug-likeness (QED) is 0.813. The maximum absolute atomic E-state index is 11.7. The molecule has 1 aromatic carbocycles. The summed E-state index contributed by atoms with van der Waals surface area (Å²) in [4.78, 5) is 13.1. The SMILES string of the molecule is C=CCC(C)(OCc1ccccc1)[C@@H]1COC(C)(C)N1C(=O)O. The van der Waals surface area contributed by atoms with Crippen molar-refractivity contribution in [3.05, 3.63) is 48.6 Å². The summed E-state index contributed by atoms with van der Waals surface area (Å²) in [6.45, 7) is 9.94. The van der Waals surface area contributed by atoms with Crippen molar-refractivity contribution in [3.63, 3.8) is 0 Å². The van der Waals surface area contributed by atoms with E-state index in [1.54, 1.807) is 19.9 Å². The van der Waals surface area contributed by atoms with Crippen LogP contribution in [0.3, 0.4) is 0 Å². The third kappa shape index (κ3) is 3.74. The summed E-state index contributed by atoms with van der Waals surface area (Å²) in [5, 5.41) is 9.60. The summed E-state index contributed by atoms with van der Waals surface area (Å²) >= 11 is 0. The lowest BCUT2D eigenvalue weighted by atomic mass is 9.91. The average Bonchev–Trinajstić information content (AvgIpc) is 2.83. The number of hydrogen-bond donors (Lipinski definition) is 1. The lowest BCUT2D eigenvalue weighted by Crippen LogP contribution is -2.56. The highest BCUT2D eigenvalue weighted by Crippen LogP contribution is 2.37. The van der Waals surface area contributed by atoms with Crippen LogP contribution >= 0.6 is 0 Å². The molecule has 126 valence electrons. The van der Waals surface area contributed by atoms with Crippen LogP contribution in [0.1, 0.15) is 32.8 Å². The molecule has 5 heteroatoms. The van der Waals surface area contributed by atoms with Crippen LogP contribution < -0.4 is 0 Å². The van der Waals surface area contributed by atoms with Gasteiger partial charge in [-0.1, -0.05) is 36.4 Å². The molecular formula is C18H25NO4. The number of benzene rings is 1. The van der Waals surface area contributed by atoms with Gasteiger partial charge in [0.2, 0.25) is 0 Å². The van der Waals surface area contributed by atoms with Crippen LogP contribution in [-0.4, -0.2) is 40.1 Å². The second kappa shape index (κ2) is 6.72. The molecule has 2 atom stereocenters. The zero-order valence-electron chi connectivity index (χ0n) is 14.0. The number of rotatable bonds is 6. The summed E-state index contributed by atoms with van der Waals surface area (Å²) in [6.07, 6.45) is 1.29. The molecule has 1 N–H and O–H groups in total. The van der Waals surface area contributed by atoms with Crippen molar-refractivity contribution < 1.29 is 19.4 Å². The Hall–Kier alpha value is -1.85. The van der Waals surface area contributed by atoms with Crippen LogP contribution in [0.2, 0.25) is 0 Å².